The molecule has 1 fully saturated rings. The fourth-order valence-corrected chi connectivity index (χ4v) is 4.96. The molecule has 2 heterocycles. The first kappa shape index (κ1) is 22.8. The van der Waals surface area contributed by atoms with Crippen LogP contribution in [0.25, 0.3) is 0 Å². The van der Waals surface area contributed by atoms with E-state index in [2.05, 4.69) is 10.2 Å². The summed E-state index contributed by atoms with van der Waals surface area (Å²) in [6, 6.07) is 11.6. The van der Waals surface area contributed by atoms with Gasteiger partial charge in [-0.1, -0.05) is 29.8 Å². The number of carbonyl (C=O) groups is 1. The van der Waals surface area contributed by atoms with Gasteiger partial charge in [0, 0.05) is 37.2 Å². The highest BCUT2D eigenvalue weighted by molar-refractivity contribution is 5.94. The Hall–Kier alpha value is -2.41. The Bertz CT molecular complexity index is 936. The van der Waals surface area contributed by atoms with Crippen LogP contribution in [0.15, 0.2) is 36.4 Å². The van der Waals surface area contributed by atoms with Crippen LogP contribution in [0.2, 0.25) is 0 Å². The van der Waals surface area contributed by atoms with Gasteiger partial charge in [-0.05, 0) is 69.0 Å². The molecule has 0 aliphatic carbocycles. The zero-order valence-corrected chi connectivity index (χ0v) is 19.1. The molecule has 0 saturated carbocycles. The number of nitrogens with one attached hydrogen (secondary N) is 1. The van der Waals surface area contributed by atoms with E-state index in [9.17, 15) is 9.90 Å². The lowest BCUT2D eigenvalue weighted by atomic mass is 9.83. The molecular weight excluding hydrogens is 402 g/mol. The number of amides is 1. The fraction of sp³-hybridized carbons (Fsp3) is 0.500. The number of likely N-dealkylation sites (tertiary alicyclic amines) is 1. The Morgan fingerprint density at radius 3 is 2.56 bits per heavy atom. The molecule has 2 aromatic rings. The molecule has 0 bridgehead atoms. The molecule has 4 N–H and O–H groups in total. The number of benzene rings is 2. The Morgan fingerprint density at radius 2 is 1.88 bits per heavy atom. The number of carbonyl (C=O) groups excluding carboxylic acids is 1. The van der Waals surface area contributed by atoms with Crippen molar-refractivity contribution in [1.82, 2.24) is 10.2 Å². The molecule has 6 heteroatoms. The van der Waals surface area contributed by atoms with Gasteiger partial charge in [-0.15, -0.1) is 0 Å². The number of phenolic OH excluding ortho intramolecular Hbond substituents is 1. The van der Waals surface area contributed by atoms with Crippen LogP contribution in [0.1, 0.15) is 51.6 Å². The van der Waals surface area contributed by atoms with Crippen molar-refractivity contribution in [2.75, 3.05) is 32.7 Å². The van der Waals surface area contributed by atoms with Crippen molar-refractivity contribution in [1.29, 1.82) is 0 Å². The van der Waals surface area contributed by atoms with Crippen molar-refractivity contribution in [2.24, 2.45) is 11.7 Å². The molecule has 4 rings (SSSR count). The van der Waals surface area contributed by atoms with E-state index >= 15 is 0 Å². The average molecular weight is 438 g/mol. The smallest absolute Gasteiger partial charge is 0.251 e. The Kier molecular flexibility index (Phi) is 7.13. The van der Waals surface area contributed by atoms with E-state index in [1.165, 1.54) is 0 Å². The number of aromatic hydroxyl groups is 1. The third-order valence-electron chi connectivity index (χ3n) is 7.01. The Balaban J connectivity index is 1.27. The molecule has 0 radical (unpaired) electrons. The SMILES string of the molecule is Cc1ccc(C(=O)NCCN2CCC([C@@H]3Cc4c(ccc(C)c4O)[C@H](CN)O3)CC2)cc1. The third kappa shape index (κ3) is 4.98. The van der Waals surface area contributed by atoms with Gasteiger partial charge < -0.3 is 25.8 Å². The first-order valence-electron chi connectivity index (χ1n) is 11.7. The van der Waals surface area contributed by atoms with Gasteiger partial charge in [0.1, 0.15) is 5.75 Å². The highest BCUT2D eigenvalue weighted by Crippen LogP contribution is 2.40. The second-order valence-electron chi connectivity index (χ2n) is 9.20. The van der Waals surface area contributed by atoms with Gasteiger partial charge in [-0.25, -0.2) is 0 Å². The highest BCUT2D eigenvalue weighted by atomic mass is 16.5. The summed E-state index contributed by atoms with van der Waals surface area (Å²) in [4.78, 5) is 14.7. The summed E-state index contributed by atoms with van der Waals surface area (Å²) in [6.07, 6.45) is 2.79. The van der Waals surface area contributed by atoms with Gasteiger partial charge in [0.2, 0.25) is 0 Å². The van der Waals surface area contributed by atoms with Crippen molar-refractivity contribution in [3.63, 3.8) is 0 Å². The maximum absolute atomic E-state index is 12.3. The predicted molar refractivity (Wildman–Crippen MR) is 126 cm³/mol. The summed E-state index contributed by atoms with van der Waals surface area (Å²) >= 11 is 0. The average Bonchev–Trinajstić information content (AvgIpc) is 2.81. The highest BCUT2D eigenvalue weighted by Gasteiger charge is 2.35. The number of hydrogen-bond acceptors (Lipinski definition) is 5. The largest absolute Gasteiger partial charge is 0.507 e. The normalized spacial score (nSPS) is 21.8. The van der Waals surface area contributed by atoms with Crippen LogP contribution in [0.5, 0.6) is 5.75 Å². The van der Waals surface area contributed by atoms with Gasteiger partial charge in [-0.2, -0.15) is 0 Å². The molecule has 2 aromatic carbocycles. The molecule has 1 saturated heterocycles. The summed E-state index contributed by atoms with van der Waals surface area (Å²) in [6.45, 7) is 7.86. The van der Waals surface area contributed by atoms with E-state index in [4.69, 9.17) is 10.5 Å². The van der Waals surface area contributed by atoms with Gasteiger partial charge in [0.05, 0.1) is 12.2 Å². The lowest BCUT2D eigenvalue weighted by Gasteiger charge is -2.40. The van der Waals surface area contributed by atoms with Gasteiger partial charge in [-0.3, -0.25) is 4.79 Å². The van der Waals surface area contributed by atoms with Crippen molar-refractivity contribution in [3.05, 3.63) is 64.2 Å². The minimum Gasteiger partial charge on any atom is -0.507 e. The third-order valence-corrected chi connectivity index (χ3v) is 7.01. The molecule has 2 aliphatic rings. The van der Waals surface area contributed by atoms with Crippen LogP contribution in [0.4, 0.5) is 0 Å². The van der Waals surface area contributed by atoms with Crippen molar-refractivity contribution in [3.8, 4) is 5.75 Å². The number of rotatable bonds is 6. The van der Waals surface area contributed by atoms with E-state index in [-0.39, 0.29) is 18.1 Å². The number of nitrogens with zero attached hydrogens (tertiary/aromatic N) is 1. The molecule has 172 valence electrons. The minimum atomic E-state index is -0.148. The van der Waals surface area contributed by atoms with E-state index in [0.29, 0.717) is 30.3 Å². The maximum Gasteiger partial charge on any atom is 0.251 e. The van der Waals surface area contributed by atoms with E-state index < -0.39 is 0 Å². The first-order chi connectivity index (χ1) is 15.5. The number of fused-ring (bicyclic) bond motifs is 1. The van der Waals surface area contributed by atoms with Gasteiger partial charge >= 0.3 is 0 Å². The molecule has 2 atom stereocenters. The summed E-state index contributed by atoms with van der Waals surface area (Å²) in [5.74, 6) is 0.837. The maximum atomic E-state index is 12.3. The van der Waals surface area contributed by atoms with Crippen molar-refractivity contribution < 1.29 is 14.6 Å². The second-order valence-corrected chi connectivity index (χ2v) is 9.20. The molecular formula is C26H35N3O3. The van der Waals surface area contributed by atoms with Gasteiger partial charge in [0.25, 0.3) is 5.91 Å². The number of piperidine rings is 1. The van der Waals surface area contributed by atoms with E-state index in [1.54, 1.807) is 0 Å². The van der Waals surface area contributed by atoms with Crippen molar-refractivity contribution in [2.45, 2.75) is 45.3 Å². The molecule has 2 aliphatic heterocycles. The van der Waals surface area contributed by atoms with Gasteiger partial charge in [0.15, 0.2) is 0 Å². The Morgan fingerprint density at radius 1 is 1.16 bits per heavy atom. The van der Waals surface area contributed by atoms with Crippen LogP contribution < -0.4 is 11.1 Å². The molecule has 1 amide bonds. The topological polar surface area (TPSA) is 87.8 Å². The number of nitrogens with two attached hydrogens (primary N) is 1. The standard InChI is InChI=1S/C26H35N3O3/c1-17-3-6-20(7-4-17)26(31)28-11-14-29-12-9-19(10-13-29)23-15-22-21(24(16-27)32-23)8-5-18(2)25(22)30/h3-8,19,23-24,30H,9-16,27H2,1-2H3,(H,28,31)/t23-,24-/m0/s1. The Labute approximate surface area is 190 Å². The molecule has 0 aromatic heterocycles. The van der Waals surface area contributed by atoms with Crippen LogP contribution in [0, 0.1) is 19.8 Å². The first-order valence-corrected chi connectivity index (χ1v) is 11.7. The monoisotopic (exact) mass is 437 g/mol. The summed E-state index contributed by atoms with van der Waals surface area (Å²) in [7, 11) is 0. The quantitative estimate of drug-likeness (QED) is 0.646. The fourth-order valence-electron chi connectivity index (χ4n) is 4.96. The zero-order valence-electron chi connectivity index (χ0n) is 19.1. The minimum absolute atomic E-state index is 0.0166. The lowest BCUT2D eigenvalue weighted by Crippen LogP contribution is -2.44. The summed E-state index contributed by atoms with van der Waals surface area (Å²) in [5, 5.41) is 13.6. The number of phenols is 1. The zero-order chi connectivity index (χ0) is 22.7. The van der Waals surface area contributed by atoms with Crippen LogP contribution >= 0.6 is 0 Å². The molecule has 32 heavy (non-hydrogen) atoms. The van der Waals surface area contributed by atoms with Crippen LogP contribution in [0.3, 0.4) is 0 Å². The van der Waals surface area contributed by atoms with Crippen LogP contribution in [-0.4, -0.2) is 54.7 Å². The molecule has 0 unspecified atom stereocenters. The molecule has 6 nitrogen and oxygen atoms in total. The number of ether oxygens (including phenoxy) is 1. The van der Waals surface area contributed by atoms with Crippen LogP contribution in [-0.2, 0) is 11.2 Å². The predicted octanol–water partition coefficient (Wildman–Crippen LogP) is 3.09. The van der Waals surface area contributed by atoms with Crippen molar-refractivity contribution >= 4 is 5.91 Å². The summed E-state index contributed by atoms with van der Waals surface area (Å²) in [5.41, 5.74) is 10.8. The lowest BCUT2D eigenvalue weighted by molar-refractivity contribution is -0.0645. The number of aryl methyl sites for hydroxylation is 2. The van der Waals surface area contributed by atoms with E-state index in [1.807, 2.05) is 50.2 Å². The number of hydrogen-bond donors (Lipinski definition) is 3. The van der Waals surface area contributed by atoms with E-state index in [0.717, 1.165) is 61.2 Å². The second kappa shape index (κ2) is 10.0. The molecule has 0 spiro atoms. The summed E-state index contributed by atoms with van der Waals surface area (Å²) < 4.78 is 6.39.